The number of nitrogens with one attached hydrogen (secondary N) is 1. The van der Waals surface area contributed by atoms with Crippen molar-refractivity contribution in [2.75, 3.05) is 5.88 Å². The second kappa shape index (κ2) is 6.59. The maximum Gasteiger partial charge on any atom is 0.0738 e. The van der Waals surface area contributed by atoms with E-state index in [1.807, 2.05) is 18.7 Å². The van der Waals surface area contributed by atoms with Gasteiger partial charge in [-0.1, -0.05) is 0 Å². The van der Waals surface area contributed by atoms with Gasteiger partial charge in [0.25, 0.3) is 0 Å². The molecule has 1 rings (SSSR count). The Morgan fingerprint density at radius 3 is 2.75 bits per heavy atom. The van der Waals surface area contributed by atoms with Crippen molar-refractivity contribution in [3.8, 4) is 0 Å². The summed E-state index contributed by atoms with van der Waals surface area (Å²) in [7, 11) is 1.95. The fourth-order valence-electron chi connectivity index (χ4n) is 1.70. The van der Waals surface area contributed by atoms with Gasteiger partial charge in [-0.3, -0.25) is 16.0 Å². The van der Waals surface area contributed by atoms with E-state index in [1.54, 1.807) is 0 Å². The first-order chi connectivity index (χ1) is 7.60. The number of halogens is 2. The lowest BCUT2D eigenvalue weighted by molar-refractivity contribution is 0.473. The molecule has 0 bridgehead atoms. The molecule has 0 aliphatic rings. The largest absolute Gasteiger partial charge is 0.271 e. The van der Waals surface area contributed by atoms with Gasteiger partial charge in [-0.15, -0.1) is 11.6 Å². The SMILES string of the molecule is Cc1nn(C)c(CC(CCCCl)NN)c1Br. The van der Waals surface area contributed by atoms with Crippen molar-refractivity contribution >= 4 is 27.5 Å². The highest BCUT2D eigenvalue weighted by molar-refractivity contribution is 9.10. The van der Waals surface area contributed by atoms with Crippen LogP contribution < -0.4 is 11.3 Å². The number of aromatic nitrogens is 2. The fraction of sp³-hybridized carbons (Fsp3) is 0.700. The van der Waals surface area contributed by atoms with Gasteiger partial charge in [0.1, 0.15) is 0 Å². The molecule has 0 spiro atoms. The van der Waals surface area contributed by atoms with Crippen LogP contribution in [0.3, 0.4) is 0 Å². The van der Waals surface area contributed by atoms with Crippen LogP contribution in [0.4, 0.5) is 0 Å². The summed E-state index contributed by atoms with van der Waals surface area (Å²) < 4.78 is 2.96. The van der Waals surface area contributed by atoms with Crippen LogP contribution in [-0.2, 0) is 13.5 Å². The van der Waals surface area contributed by atoms with Crippen LogP contribution in [0, 0.1) is 6.92 Å². The molecule has 0 fully saturated rings. The molecular formula is C10H18BrClN4. The van der Waals surface area contributed by atoms with Crippen molar-refractivity contribution in [3.05, 3.63) is 15.9 Å². The van der Waals surface area contributed by atoms with Gasteiger partial charge in [0, 0.05) is 25.4 Å². The Bertz CT molecular complexity index is 340. The van der Waals surface area contributed by atoms with E-state index in [4.69, 9.17) is 17.4 Å². The standard InChI is InChI=1S/C10H18BrClN4/c1-7-10(11)9(16(2)15-7)6-8(14-13)4-3-5-12/h8,14H,3-6,13H2,1-2H3. The number of hydrogen-bond acceptors (Lipinski definition) is 3. The van der Waals surface area contributed by atoms with Crippen LogP contribution in [0.1, 0.15) is 24.2 Å². The van der Waals surface area contributed by atoms with Gasteiger partial charge in [-0.05, 0) is 35.7 Å². The van der Waals surface area contributed by atoms with Crippen LogP contribution in [0.15, 0.2) is 4.47 Å². The number of aryl methyl sites for hydroxylation is 2. The summed E-state index contributed by atoms with van der Waals surface area (Å²) >= 11 is 9.23. The molecule has 0 aromatic carbocycles. The van der Waals surface area contributed by atoms with E-state index in [-0.39, 0.29) is 6.04 Å². The summed E-state index contributed by atoms with van der Waals surface area (Å²) in [6.07, 6.45) is 2.78. The van der Waals surface area contributed by atoms with E-state index in [2.05, 4.69) is 26.5 Å². The number of nitrogens with two attached hydrogens (primary N) is 1. The van der Waals surface area contributed by atoms with E-state index in [9.17, 15) is 0 Å². The Morgan fingerprint density at radius 1 is 1.62 bits per heavy atom. The number of nitrogens with zero attached hydrogens (tertiary/aromatic N) is 2. The zero-order chi connectivity index (χ0) is 12.1. The molecule has 0 saturated carbocycles. The molecule has 0 aliphatic carbocycles. The van der Waals surface area contributed by atoms with Crippen molar-refractivity contribution in [2.24, 2.45) is 12.9 Å². The number of rotatable bonds is 6. The lowest BCUT2D eigenvalue weighted by Crippen LogP contribution is -2.37. The smallest absolute Gasteiger partial charge is 0.0738 e. The van der Waals surface area contributed by atoms with Gasteiger partial charge < -0.3 is 0 Å². The molecule has 0 radical (unpaired) electrons. The van der Waals surface area contributed by atoms with Gasteiger partial charge >= 0.3 is 0 Å². The Morgan fingerprint density at radius 2 is 2.31 bits per heavy atom. The molecule has 1 atom stereocenters. The highest BCUT2D eigenvalue weighted by Crippen LogP contribution is 2.22. The molecular weight excluding hydrogens is 291 g/mol. The van der Waals surface area contributed by atoms with Crippen molar-refractivity contribution in [1.29, 1.82) is 0 Å². The first-order valence-corrected chi connectivity index (χ1v) is 6.63. The minimum absolute atomic E-state index is 0.241. The lowest BCUT2D eigenvalue weighted by Gasteiger charge is -2.15. The molecule has 1 aromatic rings. The zero-order valence-corrected chi connectivity index (χ0v) is 12.0. The van der Waals surface area contributed by atoms with Gasteiger partial charge in [0.15, 0.2) is 0 Å². The third-order valence-corrected chi connectivity index (χ3v) is 3.92. The second-order valence-electron chi connectivity index (χ2n) is 3.87. The van der Waals surface area contributed by atoms with E-state index >= 15 is 0 Å². The van der Waals surface area contributed by atoms with Crippen molar-refractivity contribution < 1.29 is 0 Å². The minimum Gasteiger partial charge on any atom is -0.271 e. The maximum absolute atomic E-state index is 5.68. The number of hydrogen-bond donors (Lipinski definition) is 2. The topological polar surface area (TPSA) is 55.9 Å². The Kier molecular flexibility index (Phi) is 5.75. The van der Waals surface area contributed by atoms with Crippen LogP contribution in [-0.4, -0.2) is 21.7 Å². The molecule has 92 valence electrons. The zero-order valence-electron chi connectivity index (χ0n) is 9.63. The predicted molar refractivity (Wildman–Crippen MR) is 70.4 cm³/mol. The van der Waals surface area contributed by atoms with E-state index in [1.165, 1.54) is 0 Å². The molecule has 1 aromatic heterocycles. The first kappa shape index (κ1) is 14.0. The summed E-state index contributed by atoms with van der Waals surface area (Å²) in [5.74, 6) is 6.20. The molecule has 1 heterocycles. The molecule has 4 nitrogen and oxygen atoms in total. The van der Waals surface area contributed by atoms with Gasteiger partial charge in [0.2, 0.25) is 0 Å². The second-order valence-corrected chi connectivity index (χ2v) is 5.04. The van der Waals surface area contributed by atoms with Crippen molar-refractivity contribution in [3.63, 3.8) is 0 Å². The third-order valence-electron chi connectivity index (χ3n) is 2.62. The van der Waals surface area contributed by atoms with Crippen LogP contribution in [0.2, 0.25) is 0 Å². The lowest BCUT2D eigenvalue weighted by atomic mass is 10.1. The molecule has 6 heteroatoms. The van der Waals surface area contributed by atoms with Crippen LogP contribution >= 0.6 is 27.5 Å². The van der Waals surface area contributed by atoms with Crippen LogP contribution in [0.25, 0.3) is 0 Å². The normalized spacial score (nSPS) is 13.1. The summed E-state index contributed by atoms with van der Waals surface area (Å²) in [5, 5.41) is 4.35. The van der Waals surface area contributed by atoms with Crippen molar-refractivity contribution in [1.82, 2.24) is 15.2 Å². The van der Waals surface area contributed by atoms with Gasteiger partial charge in [0.05, 0.1) is 15.9 Å². The molecule has 16 heavy (non-hydrogen) atoms. The fourth-order valence-corrected chi connectivity index (χ4v) is 2.36. The van der Waals surface area contributed by atoms with Gasteiger partial charge in [-0.2, -0.15) is 5.10 Å². The summed E-state index contributed by atoms with van der Waals surface area (Å²) in [4.78, 5) is 0. The quantitative estimate of drug-likeness (QED) is 0.479. The number of alkyl halides is 1. The summed E-state index contributed by atoms with van der Waals surface area (Å²) in [6.45, 7) is 1.98. The Balaban J connectivity index is 2.69. The monoisotopic (exact) mass is 308 g/mol. The third kappa shape index (κ3) is 3.45. The molecule has 0 saturated heterocycles. The first-order valence-electron chi connectivity index (χ1n) is 5.30. The molecule has 1 unspecified atom stereocenters. The Labute approximate surface area is 110 Å². The molecule has 3 N–H and O–H groups in total. The van der Waals surface area contributed by atoms with E-state index < -0.39 is 0 Å². The average Bonchev–Trinajstić information content (AvgIpc) is 2.50. The van der Waals surface area contributed by atoms with Crippen LogP contribution in [0.5, 0.6) is 0 Å². The highest BCUT2D eigenvalue weighted by Gasteiger charge is 2.15. The summed E-state index contributed by atoms with van der Waals surface area (Å²) in [6, 6.07) is 0.241. The molecule has 0 aliphatic heterocycles. The molecule has 0 amide bonds. The van der Waals surface area contributed by atoms with E-state index in [0.717, 1.165) is 35.1 Å². The highest BCUT2D eigenvalue weighted by atomic mass is 79.9. The van der Waals surface area contributed by atoms with Gasteiger partial charge in [-0.25, -0.2) is 0 Å². The van der Waals surface area contributed by atoms with Crippen molar-refractivity contribution in [2.45, 2.75) is 32.2 Å². The predicted octanol–water partition coefficient (Wildman–Crippen LogP) is 1.88. The summed E-state index contributed by atoms with van der Waals surface area (Å²) in [5.41, 5.74) is 5.00. The Hall–Kier alpha value is -0.100. The average molecular weight is 310 g/mol. The number of hydrazine groups is 1. The maximum atomic E-state index is 5.68. The van der Waals surface area contributed by atoms with E-state index in [0.29, 0.717) is 5.88 Å². The minimum atomic E-state index is 0.241.